The number of nitrogens with one attached hydrogen (secondary N) is 1. The Balaban J connectivity index is 1.36. The number of thiazole rings is 1. The summed E-state index contributed by atoms with van der Waals surface area (Å²) >= 11 is 1.40. The van der Waals surface area contributed by atoms with Crippen LogP contribution in [-0.4, -0.2) is 26.8 Å². The number of carbonyl (C=O) groups excluding carboxylic acids is 1. The van der Waals surface area contributed by atoms with Gasteiger partial charge < -0.3 is 14.1 Å². The van der Waals surface area contributed by atoms with E-state index in [-0.39, 0.29) is 5.91 Å². The number of aryl methyl sites for hydroxylation is 1. The number of imidazole rings is 1. The third-order valence-electron chi connectivity index (χ3n) is 3.77. The maximum absolute atomic E-state index is 12.2. The SMILES string of the molecule is Cc1ccc(-c2nc(C(=O)NCCc3cn4ccccc4n3)cs2)o1. The Kier molecular flexibility index (Phi) is 4.07. The molecule has 1 amide bonds. The van der Waals surface area contributed by atoms with Crippen molar-refractivity contribution in [3.63, 3.8) is 0 Å². The molecule has 0 atom stereocenters. The summed E-state index contributed by atoms with van der Waals surface area (Å²) in [5.74, 6) is 1.32. The first kappa shape index (κ1) is 15.6. The van der Waals surface area contributed by atoms with Crippen LogP contribution in [0.3, 0.4) is 0 Å². The van der Waals surface area contributed by atoms with Crippen molar-refractivity contribution in [3.05, 3.63) is 65.3 Å². The predicted molar refractivity (Wildman–Crippen MR) is 95.8 cm³/mol. The molecule has 0 bridgehead atoms. The van der Waals surface area contributed by atoms with Crippen LogP contribution < -0.4 is 5.32 Å². The fourth-order valence-corrected chi connectivity index (χ4v) is 3.30. The largest absolute Gasteiger partial charge is 0.459 e. The van der Waals surface area contributed by atoms with Gasteiger partial charge in [-0.2, -0.15) is 0 Å². The van der Waals surface area contributed by atoms with Crippen LogP contribution in [0.5, 0.6) is 0 Å². The van der Waals surface area contributed by atoms with E-state index in [2.05, 4.69) is 15.3 Å². The normalized spacial score (nSPS) is 11.1. The second-order valence-corrected chi connectivity index (χ2v) is 6.51. The lowest BCUT2D eigenvalue weighted by Gasteiger charge is -2.00. The highest BCUT2D eigenvalue weighted by atomic mass is 32.1. The van der Waals surface area contributed by atoms with Gasteiger partial charge in [-0.15, -0.1) is 11.3 Å². The summed E-state index contributed by atoms with van der Waals surface area (Å²) in [5.41, 5.74) is 2.25. The second-order valence-electron chi connectivity index (χ2n) is 5.65. The van der Waals surface area contributed by atoms with Gasteiger partial charge >= 0.3 is 0 Å². The zero-order valence-electron chi connectivity index (χ0n) is 13.6. The van der Waals surface area contributed by atoms with E-state index < -0.39 is 0 Å². The Morgan fingerprint density at radius 3 is 3.00 bits per heavy atom. The zero-order chi connectivity index (χ0) is 17.2. The molecule has 0 radical (unpaired) electrons. The number of hydrogen-bond donors (Lipinski definition) is 1. The van der Waals surface area contributed by atoms with Gasteiger partial charge in [-0.05, 0) is 31.2 Å². The summed E-state index contributed by atoms with van der Waals surface area (Å²) in [6, 6.07) is 9.61. The standard InChI is InChI=1S/C18H16N4O2S/c1-12-5-6-15(24-12)18-21-14(11-25-18)17(23)19-8-7-13-10-22-9-3-2-4-16(22)20-13/h2-6,9-11H,7-8H2,1H3,(H,19,23). The number of furan rings is 1. The Bertz CT molecular complexity index is 997. The minimum absolute atomic E-state index is 0.186. The Morgan fingerprint density at radius 1 is 1.28 bits per heavy atom. The van der Waals surface area contributed by atoms with Crippen LogP contribution in [0.1, 0.15) is 21.9 Å². The molecule has 25 heavy (non-hydrogen) atoms. The van der Waals surface area contributed by atoms with E-state index >= 15 is 0 Å². The van der Waals surface area contributed by atoms with Crippen molar-refractivity contribution in [2.75, 3.05) is 6.54 Å². The van der Waals surface area contributed by atoms with E-state index in [4.69, 9.17) is 4.42 Å². The molecule has 0 unspecified atom stereocenters. The maximum Gasteiger partial charge on any atom is 0.270 e. The first-order valence-electron chi connectivity index (χ1n) is 7.92. The minimum atomic E-state index is -0.186. The van der Waals surface area contributed by atoms with Crippen molar-refractivity contribution in [3.8, 4) is 10.8 Å². The smallest absolute Gasteiger partial charge is 0.270 e. The van der Waals surface area contributed by atoms with Gasteiger partial charge in [0.05, 0.1) is 5.69 Å². The number of pyridine rings is 1. The summed E-state index contributed by atoms with van der Waals surface area (Å²) < 4.78 is 7.50. The van der Waals surface area contributed by atoms with Crippen molar-refractivity contribution in [1.29, 1.82) is 0 Å². The van der Waals surface area contributed by atoms with Gasteiger partial charge in [0.2, 0.25) is 0 Å². The first-order chi connectivity index (χ1) is 12.2. The summed E-state index contributed by atoms with van der Waals surface area (Å²) in [6.45, 7) is 2.39. The van der Waals surface area contributed by atoms with Gasteiger partial charge in [-0.25, -0.2) is 9.97 Å². The topological polar surface area (TPSA) is 72.4 Å². The molecule has 0 saturated carbocycles. The molecule has 4 aromatic rings. The van der Waals surface area contributed by atoms with Gasteiger partial charge in [0.25, 0.3) is 5.91 Å². The molecule has 1 N–H and O–H groups in total. The number of nitrogens with zero attached hydrogens (tertiary/aromatic N) is 3. The van der Waals surface area contributed by atoms with E-state index in [0.29, 0.717) is 29.4 Å². The zero-order valence-corrected chi connectivity index (χ0v) is 14.4. The number of fused-ring (bicyclic) bond motifs is 1. The average molecular weight is 352 g/mol. The number of aromatic nitrogens is 3. The van der Waals surface area contributed by atoms with Gasteiger partial charge in [0.15, 0.2) is 10.8 Å². The molecule has 6 nitrogen and oxygen atoms in total. The molecule has 0 aliphatic rings. The lowest BCUT2D eigenvalue weighted by atomic mass is 10.3. The Labute approximate surface area is 148 Å². The van der Waals surface area contributed by atoms with Crippen LogP contribution in [0, 0.1) is 6.92 Å². The van der Waals surface area contributed by atoms with E-state index in [9.17, 15) is 4.79 Å². The summed E-state index contributed by atoms with van der Waals surface area (Å²) in [5, 5.41) is 5.34. The van der Waals surface area contributed by atoms with E-state index in [1.807, 2.05) is 54.0 Å². The van der Waals surface area contributed by atoms with Crippen LogP contribution in [0.2, 0.25) is 0 Å². The second kappa shape index (κ2) is 6.52. The molecule has 7 heteroatoms. The molecule has 0 aliphatic carbocycles. The molecule has 4 rings (SSSR count). The van der Waals surface area contributed by atoms with Crippen molar-refractivity contribution in [2.45, 2.75) is 13.3 Å². The highest BCUT2D eigenvalue weighted by Crippen LogP contribution is 2.25. The third kappa shape index (κ3) is 3.32. The van der Waals surface area contributed by atoms with Crippen LogP contribution >= 0.6 is 11.3 Å². The quantitative estimate of drug-likeness (QED) is 0.598. The molecular formula is C18H16N4O2S. The van der Waals surface area contributed by atoms with E-state index in [1.165, 1.54) is 11.3 Å². The van der Waals surface area contributed by atoms with Gasteiger partial charge in [0, 0.05) is 30.7 Å². The Morgan fingerprint density at radius 2 is 2.20 bits per heavy atom. The van der Waals surface area contributed by atoms with Gasteiger partial charge in [-0.3, -0.25) is 4.79 Å². The predicted octanol–water partition coefficient (Wildman–Crippen LogP) is 3.33. The highest BCUT2D eigenvalue weighted by molar-refractivity contribution is 7.13. The van der Waals surface area contributed by atoms with E-state index in [1.54, 1.807) is 5.38 Å². The number of hydrogen-bond acceptors (Lipinski definition) is 5. The fourth-order valence-electron chi connectivity index (χ4n) is 2.54. The molecule has 4 heterocycles. The van der Waals surface area contributed by atoms with Crippen molar-refractivity contribution in [1.82, 2.24) is 19.7 Å². The van der Waals surface area contributed by atoms with Crippen LogP contribution in [-0.2, 0) is 6.42 Å². The lowest BCUT2D eigenvalue weighted by Crippen LogP contribution is -2.26. The molecule has 4 aromatic heterocycles. The Hall–Kier alpha value is -2.93. The third-order valence-corrected chi connectivity index (χ3v) is 4.63. The summed E-state index contributed by atoms with van der Waals surface area (Å²) in [6.07, 6.45) is 4.60. The molecule has 126 valence electrons. The summed E-state index contributed by atoms with van der Waals surface area (Å²) in [4.78, 5) is 21.1. The average Bonchev–Trinajstić information content (AvgIpc) is 3.32. The van der Waals surface area contributed by atoms with Crippen molar-refractivity contribution < 1.29 is 9.21 Å². The fraction of sp³-hybridized carbons (Fsp3) is 0.167. The maximum atomic E-state index is 12.2. The highest BCUT2D eigenvalue weighted by Gasteiger charge is 2.13. The van der Waals surface area contributed by atoms with E-state index in [0.717, 1.165) is 17.1 Å². The van der Waals surface area contributed by atoms with Crippen LogP contribution in [0.25, 0.3) is 16.4 Å². The van der Waals surface area contributed by atoms with Crippen LogP contribution in [0.15, 0.2) is 52.5 Å². The van der Waals surface area contributed by atoms with Crippen LogP contribution in [0.4, 0.5) is 0 Å². The molecular weight excluding hydrogens is 336 g/mol. The number of amides is 1. The first-order valence-corrected chi connectivity index (χ1v) is 8.80. The number of carbonyl (C=O) groups is 1. The summed E-state index contributed by atoms with van der Waals surface area (Å²) in [7, 11) is 0. The molecule has 0 fully saturated rings. The molecule has 0 aromatic carbocycles. The molecule has 0 spiro atoms. The number of rotatable bonds is 5. The van der Waals surface area contributed by atoms with Crippen molar-refractivity contribution in [2.24, 2.45) is 0 Å². The monoisotopic (exact) mass is 352 g/mol. The van der Waals surface area contributed by atoms with Gasteiger partial charge in [-0.1, -0.05) is 6.07 Å². The molecule has 0 aliphatic heterocycles. The van der Waals surface area contributed by atoms with Gasteiger partial charge in [0.1, 0.15) is 17.1 Å². The minimum Gasteiger partial charge on any atom is -0.459 e. The van der Waals surface area contributed by atoms with Crippen molar-refractivity contribution >= 4 is 22.9 Å². The molecule has 0 saturated heterocycles. The lowest BCUT2D eigenvalue weighted by molar-refractivity contribution is 0.0950.